The molecule has 1 aromatic heterocycles. The average molecular weight is 269 g/mol. The summed E-state index contributed by atoms with van der Waals surface area (Å²) in [7, 11) is 0. The number of nitrogens with one attached hydrogen (secondary N) is 1. The average Bonchev–Trinajstić information content (AvgIpc) is 2.70. The maximum atomic E-state index is 11.8. The molecule has 1 saturated heterocycles. The quantitative estimate of drug-likeness (QED) is 0.638. The normalized spacial score (nSPS) is 26.4. The second kappa shape index (κ2) is 5.47. The SMILES string of the molecule is CC(=O)Nc1ccn([C@@H]2O[C@H](CO)C[C@H]2O)c(=O)n1. The Balaban J connectivity index is 2.22. The van der Waals surface area contributed by atoms with E-state index in [0.29, 0.717) is 0 Å². The third kappa shape index (κ3) is 2.98. The molecule has 0 bridgehead atoms. The van der Waals surface area contributed by atoms with Gasteiger partial charge in [-0.3, -0.25) is 9.36 Å². The molecule has 1 aromatic rings. The van der Waals surface area contributed by atoms with Crippen LogP contribution in [0.2, 0.25) is 0 Å². The summed E-state index contributed by atoms with van der Waals surface area (Å²) < 4.78 is 6.48. The highest BCUT2D eigenvalue weighted by atomic mass is 16.5. The van der Waals surface area contributed by atoms with E-state index in [-0.39, 0.29) is 24.8 Å². The van der Waals surface area contributed by atoms with Crippen molar-refractivity contribution < 1.29 is 19.7 Å². The Labute approximate surface area is 108 Å². The molecule has 1 aliphatic rings. The third-order valence-electron chi connectivity index (χ3n) is 2.78. The van der Waals surface area contributed by atoms with Crippen molar-refractivity contribution in [3.05, 3.63) is 22.7 Å². The van der Waals surface area contributed by atoms with Crippen LogP contribution >= 0.6 is 0 Å². The molecule has 0 aliphatic carbocycles. The number of rotatable bonds is 3. The fraction of sp³-hybridized carbons (Fsp3) is 0.545. The number of aliphatic hydroxyl groups excluding tert-OH is 2. The van der Waals surface area contributed by atoms with Gasteiger partial charge >= 0.3 is 5.69 Å². The van der Waals surface area contributed by atoms with Gasteiger partial charge in [0.15, 0.2) is 6.23 Å². The number of amides is 1. The summed E-state index contributed by atoms with van der Waals surface area (Å²) in [5.74, 6) is -0.193. The highest BCUT2D eigenvalue weighted by Crippen LogP contribution is 2.27. The molecule has 3 atom stereocenters. The zero-order valence-corrected chi connectivity index (χ0v) is 10.3. The molecule has 8 nitrogen and oxygen atoms in total. The summed E-state index contributed by atoms with van der Waals surface area (Å²) >= 11 is 0. The first-order valence-electron chi connectivity index (χ1n) is 5.82. The number of aromatic nitrogens is 2. The molecule has 0 aromatic carbocycles. The van der Waals surface area contributed by atoms with E-state index in [2.05, 4.69) is 10.3 Å². The molecule has 0 saturated carbocycles. The van der Waals surface area contributed by atoms with E-state index in [0.717, 1.165) is 4.57 Å². The summed E-state index contributed by atoms with van der Waals surface area (Å²) in [5, 5.41) is 21.2. The van der Waals surface area contributed by atoms with Crippen molar-refractivity contribution in [3.63, 3.8) is 0 Å². The molecule has 8 heteroatoms. The Morgan fingerprint density at radius 2 is 2.42 bits per heavy atom. The van der Waals surface area contributed by atoms with Gasteiger partial charge in [-0.05, 0) is 6.07 Å². The molecule has 19 heavy (non-hydrogen) atoms. The lowest BCUT2D eigenvalue weighted by atomic mass is 10.2. The van der Waals surface area contributed by atoms with Crippen molar-refractivity contribution in [1.29, 1.82) is 0 Å². The minimum Gasteiger partial charge on any atom is -0.394 e. The molecule has 104 valence electrons. The number of aliphatic hydroxyl groups is 2. The Morgan fingerprint density at radius 1 is 1.68 bits per heavy atom. The minimum atomic E-state index is -0.886. The molecular weight excluding hydrogens is 254 g/mol. The van der Waals surface area contributed by atoms with Crippen molar-refractivity contribution in [1.82, 2.24) is 9.55 Å². The largest absolute Gasteiger partial charge is 0.394 e. The van der Waals surface area contributed by atoms with Gasteiger partial charge in [0.2, 0.25) is 5.91 Å². The van der Waals surface area contributed by atoms with Crippen molar-refractivity contribution >= 4 is 11.7 Å². The molecule has 2 rings (SSSR count). The number of carbonyl (C=O) groups is 1. The number of hydrogen-bond acceptors (Lipinski definition) is 6. The van der Waals surface area contributed by atoms with Crippen molar-refractivity contribution in [2.75, 3.05) is 11.9 Å². The van der Waals surface area contributed by atoms with Gasteiger partial charge in [0.1, 0.15) is 11.9 Å². The minimum absolute atomic E-state index is 0.139. The van der Waals surface area contributed by atoms with Crippen LogP contribution in [0, 0.1) is 0 Å². The summed E-state index contributed by atoms with van der Waals surface area (Å²) in [6.45, 7) is 1.09. The van der Waals surface area contributed by atoms with Crippen LogP contribution in [0.15, 0.2) is 17.1 Å². The second-order valence-electron chi connectivity index (χ2n) is 4.32. The Hall–Kier alpha value is -1.77. The van der Waals surface area contributed by atoms with E-state index in [9.17, 15) is 14.7 Å². The molecule has 0 radical (unpaired) electrons. The van der Waals surface area contributed by atoms with Crippen LogP contribution in [-0.4, -0.2) is 44.5 Å². The molecule has 2 heterocycles. The van der Waals surface area contributed by atoms with Crippen LogP contribution in [0.5, 0.6) is 0 Å². The summed E-state index contributed by atoms with van der Waals surface area (Å²) in [4.78, 5) is 26.3. The Kier molecular flexibility index (Phi) is 3.93. The topological polar surface area (TPSA) is 114 Å². The fourth-order valence-electron chi connectivity index (χ4n) is 1.95. The maximum Gasteiger partial charge on any atom is 0.351 e. The van der Waals surface area contributed by atoms with E-state index in [1.807, 2.05) is 0 Å². The van der Waals surface area contributed by atoms with Gasteiger partial charge in [-0.1, -0.05) is 0 Å². The molecular formula is C11H15N3O5. The first-order valence-corrected chi connectivity index (χ1v) is 5.82. The predicted molar refractivity (Wildman–Crippen MR) is 64.4 cm³/mol. The number of carbonyl (C=O) groups excluding carboxylic acids is 1. The number of nitrogens with zero attached hydrogens (tertiary/aromatic N) is 2. The maximum absolute atomic E-state index is 11.8. The fourth-order valence-corrected chi connectivity index (χ4v) is 1.95. The van der Waals surface area contributed by atoms with E-state index in [1.54, 1.807) is 0 Å². The first kappa shape index (κ1) is 13.7. The molecule has 1 fully saturated rings. The number of hydrogen-bond donors (Lipinski definition) is 3. The van der Waals surface area contributed by atoms with Gasteiger partial charge in [-0.25, -0.2) is 4.79 Å². The standard InChI is InChI=1S/C11H15N3O5/c1-6(16)12-9-2-3-14(11(18)13-9)10-8(17)4-7(5-15)19-10/h2-3,7-8,10,15,17H,4-5H2,1H3,(H,12,13,16,18)/t7-,8+,10+/m0/s1. The first-order chi connectivity index (χ1) is 9.01. The summed E-state index contributed by atoms with van der Waals surface area (Å²) in [6.07, 6.45) is -0.622. The third-order valence-corrected chi connectivity index (χ3v) is 2.78. The molecule has 1 aliphatic heterocycles. The van der Waals surface area contributed by atoms with E-state index >= 15 is 0 Å². The van der Waals surface area contributed by atoms with Gasteiger partial charge in [0, 0.05) is 19.5 Å². The monoisotopic (exact) mass is 269 g/mol. The van der Waals surface area contributed by atoms with Crippen LogP contribution in [-0.2, 0) is 9.53 Å². The van der Waals surface area contributed by atoms with Gasteiger partial charge in [0.25, 0.3) is 0 Å². The number of ether oxygens (including phenoxy) is 1. The lowest BCUT2D eigenvalue weighted by Crippen LogP contribution is -2.32. The van der Waals surface area contributed by atoms with Crippen LogP contribution in [0.4, 0.5) is 5.82 Å². The van der Waals surface area contributed by atoms with Crippen molar-refractivity contribution in [3.8, 4) is 0 Å². The number of anilines is 1. The lowest BCUT2D eigenvalue weighted by Gasteiger charge is -2.17. The Bertz CT molecular complexity index is 529. The van der Waals surface area contributed by atoms with E-state index in [1.165, 1.54) is 19.2 Å². The van der Waals surface area contributed by atoms with Gasteiger partial charge in [-0.2, -0.15) is 4.98 Å². The Morgan fingerprint density at radius 3 is 2.95 bits per heavy atom. The molecule has 1 amide bonds. The molecule has 0 spiro atoms. The highest BCUT2D eigenvalue weighted by molar-refractivity contribution is 5.87. The highest BCUT2D eigenvalue weighted by Gasteiger charge is 2.35. The van der Waals surface area contributed by atoms with Crippen LogP contribution in [0.3, 0.4) is 0 Å². The van der Waals surface area contributed by atoms with Gasteiger partial charge < -0.3 is 20.3 Å². The van der Waals surface area contributed by atoms with E-state index < -0.39 is 24.1 Å². The van der Waals surface area contributed by atoms with Crippen LogP contribution in [0.25, 0.3) is 0 Å². The zero-order valence-electron chi connectivity index (χ0n) is 10.3. The van der Waals surface area contributed by atoms with Gasteiger partial charge in [0.05, 0.1) is 12.7 Å². The van der Waals surface area contributed by atoms with Gasteiger partial charge in [-0.15, -0.1) is 0 Å². The van der Waals surface area contributed by atoms with Crippen LogP contribution in [0.1, 0.15) is 19.6 Å². The summed E-state index contributed by atoms with van der Waals surface area (Å²) in [6, 6.07) is 1.44. The van der Waals surface area contributed by atoms with Crippen molar-refractivity contribution in [2.45, 2.75) is 31.8 Å². The predicted octanol–water partition coefficient (Wildman–Crippen LogP) is -1.16. The molecule has 0 unspecified atom stereocenters. The lowest BCUT2D eigenvalue weighted by molar-refractivity contribution is -0.114. The smallest absolute Gasteiger partial charge is 0.351 e. The second-order valence-corrected chi connectivity index (χ2v) is 4.32. The summed E-state index contributed by atoms with van der Waals surface area (Å²) in [5.41, 5.74) is -0.645. The van der Waals surface area contributed by atoms with Crippen molar-refractivity contribution in [2.24, 2.45) is 0 Å². The zero-order chi connectivity index (χ0) is 14.0. The van der Waals surface area contributed by atoms with E-state index in [4.69, 9.17) is 9.84 Å². The van der Waals surface area contributed by atoms with Crippen LogP contribution < -0.4 is 11.0 Å². The molecule has 3 N–H and O–H groups in total.